The second-order valence-corrected chi connectivity index (χ2v) is 3.70. The van der Waals surface area contributed by atoms with Crippen LogP contribution in [-0.4, -0.2) is 62.7 Å². The van der Waals surface area contributed by atoms with E-state index in [2.05, 4.69) is 4.90 Å². The van der Waals surface area contributed by atoms with Crippen molar-refractivity contribution in [3.05, 3.63) is 0 Å². The molecule has 0 radical (unpaired) electrons. The summed E-state index contributed by atoms with van der Waals surface area (Å²) in [5.41, 5.74) is 0. The number of β-amino-alcohol motifs (C(OH)–C–C–N with tert-alkyl or cyclic N) is 1. The molecule has 1 N–H and O–H groups in total. The molecule has 4 nitrogen and oxygen atoms in total. The summed E-state index contributed by atoms with van der Waals surface area (Å²) in [5.74, 6) is 0. The number of ether oxygens (including phenoxy) is 2. The molecule has 1 atom stereocenters. The third-order valence-corrected chi connectivity index (χ3v) is 2.44. The standard InChI is InChI=1S/C10H21NO3/c1-13-7-8-14-6-2-4-11-5-3-10(12)9-11/h10,12H,2-9H2,1H3/t10-/m1/s1. The van der Waals surface area contributed by atoms with Gasteiger partial charge in [-0.2, -0.15) is 0 Å². The summed E-state index contributed by atoms with van der Waals surface area (Å²) in [6.45, 7) is 5.03. The number of aliphatic hydroxyl groups excluding tert-OH is 1. The van der Waals surface area contributed by atoms with Crippen molar-refractivity contribution in [1.29, 1.82) is 0 Å². The van der Waals surface area contributed by atoms with Crippen LogP contribution in [0.1, 0.15) is 12.8 Å². The maximum absolute atomic E-state index is 9.28. The topological polar surface area (TPSA) is 41.9 Å². The van der Waals surface area contributed by atoms with E-state index in [0.29, 0.717) is 13.2 Å². The van der Waals surface area contributed by atoms with Crippen molar-refractivity contribution in [2.45, 2.75) is 18.9 Å². The smallest absolute Gasteiger partial charge is 0.0700 e. The van der Waals surface area contributed by atoms with E-state index in [1.165, 1.54) is 0 Å². The number of aliphatic hydroxyl groups is 1. The highest BCUT2D eigenvalue weighted by molar-refractivity contribution is 4.73. The third-order valence-electron chi connectivity index (χ3n) is 2.44. The lowest BCUT2D eigenvalue weighted by Crippen LogP contribution is -2.24. The summed E-state index contributed by atoms with van der Waals surface area (Å²) in [6.07, 6.45) is 1.85. The molecule has 0 bridgehead atoms. The van der Waals surface area contributed by atoms with Crippen molar-refractivity contribution in [2.75, 3.05) is 46.6 Å². The lowest BCUT2D eigenvalue weighted by atomic mass is 10.3. The second-order valence-electron chi connectivity index (χ2n) is 3.70. The molecule has 4 heteroatoms. The van der Waals surface area contributed by atoms with Gasteiger partial charge in [-0.25, -0.2) is 0 Å². The zero-order valence-corrected chi connectivity index (χ0v) is 8.95. The lowest BCUT2D eigenvalue weighted by molar-refractivity contribution is 0.0656. The Morgan fingerprint density at radius 3 is 2.86 bits per heavy atom. The predicted molar refractivity (Wildman–Crippen MR) is 54.4 cm³/mol. The van der Waals surface area contributed by atoms with Gasteiger partial charge in [0.15, 0.2) is 0 Å². The molecular formula is C10H21NO3. The summed E-state index contributed by atoms with van der Waals surface area (Å²) >= 11 is 0. The van der Waals surface area contributed by atoms with E-state index in [1.807, 2.05) is 0 Å². The van der Waals surface area contributed by atoms with Crippen molar-refractivity contribution in [3.63, 3.8) is 0 Å². The Morgan fingerprint density at radius 2 is 2.21 bits per heavy atom. The Balaban J connectivity index is 1.84. The fourth-order valence-corrected chi connectivity index (χ4v) is 1.65. The molecule has 0 aromatic rings. The number of hydrogen-bond acceptors (Lipinski definition) is 4. The number of nitrogens with zero attached hydrogens (tertiary/aromatic N) is 1. The molecule has 0 aromatic carbocycles. The first-order valence-corrected chi connectivity index (χ1v) is 5.30. The van der Waals surface area contributed by atoms with Gasteiger partial charge in [0.1, 0.15) is 0 Å². The van der Waals surface area contributed by atoms with Gasteiger partial charge in [-0.05, 0) is 12.8 Å². The third kappa shape index (κ3) is 4.91. The maximum Gasteiger partial charge on any atom is 0.0700 e. The molecule has 0 aliphatic carbocycles. The van der Waals surface area contributed by atoms with Gasteiger partial charge in [0.05, 0.1) is 19.3 Å². The molecule has 1 aliphatic rings. The first kappa shape index (κ1) is 11.9. The molecule has 84 valence electrons. The highest BCUT2D eigenvalue weighted by Crippen LogP contribution is 2.08. The Hall–Kier alpha value is -0.160. The van der Waals surface area contributed by atoms with Crippen LogP contribution in [0.3, 0.4) is 0 Å². The molecule has 1 aliphatic heterocycles. The number of likely N-dealkylation sites (tertiary alicyclic amines) is 1. The molecule has 0 amide bonds. The molecule has 0 spiro atoms. The van der Waals surface area contributed by atoms with Crippen LogP contribution >= 0.6 is 0 Å². The van der Waals surface area contributed by atoms with Crippen LogP contribution in [0.2, 0.25) is 0 Å². The highest BCUT2D eigenvalue weighted by Gasteiger charge is 2.18. The zero-order chi connectivity index (χ0) is 10.2. The van der Waals surface area contributed by atoms with Gasteiger partial charge in [-0.1, -0.05) is 0 Å². The van der Waals surface area contributed by atoms with Crippen molar-refractivity contribution < 1.29 is 14.6 Å². The number of methoxy groups -OCH3 is 1. The monoisotopic (exact) mass is 203 g/mol. The first-order valence-electron chi connectivity index (χ1n) is 5.30. The maximum atomic E-state index is 9.28. The molecule has 0 aromatic heterocycles. The van der Waals surface area contributed by atoms with Crippen molar-refractivity contribution in [2.24, 2.45) is 0 Å². The summed E-state index contributed by atoms with van der Waals surface area (Å²) in [4.78, 5) is 2.28. The number of rotatable bonds is 7. The molecule has 1 rings (SSSR count). The average molecular weight is 203 g/mol. The van der Waals surface area contributed by atoms with E-state index in [9.17, 15) is 5.11 Å². The quantitative estimate of drug-likeness (QED) is 0.596. The van der Waals surface area contributed by atoms with Gasteiger partial charge in [0.2, 0.25) is 0 Å². The van der Waals surface area contributed by atoms with Gasteiger partial charge in [-0.15, -0.1) is 0 Å². The van der Waals surface area contributed by atoms with E-state index >= 15 is 0 Å². The van der Waals surface area contributed by atoms with Gasteiger partial charge in [0, 0.05) is 33.4 Å². The summed E-state index contributed by atoms with van der Waals surface area (Å²) < 4.78 is 10.2. The van der Waals surface area contributed by atoms with Crippen molar-refractivity contribution in [3.8, 4) is 0 Å². The summed E-state index contributed by atoms with van der Waals surface area (Å²) in [6, 6.07) is 0. The van der Waals surface area contributed by atoms with Crippen LogP contribution in [0.5, 0.6) is 0 Å². The minimum atomic E-state index is -0.107. The van der Waals surface area contributed by atoms with Crippen LogP contribution in [0, 0.1) is 0 Å². The molecule has 1 heterocycles. The molecular weight excluding hydrogens is 182 g/mol. The van der Waals surface area contributed by atoms with Crippen LogP contribution < -0.4 is 0 Å². The van der Waals surface area contributed by atoms with Gasteiger partial charge in [0.25, 0.3) is 0 Å². The van der Waals surface area contributed by atoms with E-state index in [4.69, 9.17) is 9.47 Å². The van der Waals surface area contributed by atoms with Crippen LogP contribution in [0.25, 0.3) is 0 Å². The van der Waals surface area contributed by atoms with Crippen molar-refractivity contribution in [1.82, 2.24) is 4.90 Å². The minimum absolute atomic E-state index is 0.107. The molecule has 0 saturated carbocycles. The molecule has 1 fully saturated rings. The fraction of sp³-hybridized carbons (Fsp3) is 1.00. The predicted octanol–water partition coefficient (Wildman–Crippen LogP) is 0.106. The van der Waals surface area contributed by atoms with Gasteiger partial charge < -0.3 is 19.5 Å². The van der Waals surface area contributed by atoms with E-state index < -0.39 is 0 Å². The van der Waals surface area contributed by atoms with E-state index in [-0.39, 0.29) is 6.10 Å². The zero-order valence-electron chi connectivity index (χ0n) is 8.95. The van der Waals surface area contributed by atoms with E-state index in [1.54, 1.807) is 7.11 Å². The van der Waals surface area contributed by atoms with Crippen LogP contribution in [0.4, 0.5) is 0 Å². The Morgan fingerprint density at radius 1 is 1.36 bits per heavy atom. The van der Waals surface area contributed by atoms with Crippen LogP contribution in [0.15, 0.2) is 0 Å². The normalized spacial score (nSPS) is 23.1. The molecule has 14 heavy (non-hydrogen) atoms. The fourth-order valence-electron chi connectivity index (χ4n) is 1.65. The Labute approximate surface area is 85.8 Å². The van der Waals surface area contributed by atoms with Crippen LogP contribution in [-0.2, 0) is 9.47 Å². The van der Waals surface area contributed by atoms with Gasteiger partial charge in [-0.3, -0.25) is 0 Å². The molecule has 1 saturated heterocycles. The molecule has 0 unspecified atom stereocenters. The SMILES string of the molecule is COCCOCCCN1CC[C@@H](O)C1. The van der Waals surface area contributed by atoms with Gasteiger partial charge >= 0.3 is 0 Å². The Kier molecular flexibility index (Phi) is 6.10. The highest BCUT2D eigenvalue weighted by atomic mass is 16.5. The lowest BCUT2D eigenvalue weighted by Gasteiger charge is -2.14. The first-order chi connectivity index (χ1) is 6.83. The second kappa shape index (κ2) is 7.17. The minimum Gasteiger partial charge on any atom is -0.392 e. The Bertz CT molecular complexity index is 143. The average Bonchev–Trinajstić information content (AvgIpc) is 2.58. The van der Waals surface area contributed by atoms with Crippen molar-refractivity contribution >= 4 is 0 Å². The van der Waals surface area contributed by atoms with E-state index in [0.717, 1.165) is 39.1 Å². The summed E-state index contributed by atoms with van der Waals surface area (Å²) in [5, 5.41) is 9.28. The largest absolute Gasteiger partial charge is 0.392 e. The number of hydrogen-bond donors (Lipinski definition) is 1. The summed E-state index contributed by atoms with van der Waals surface area (Å²) in [7, 11) is 1.68.